The first kappa shape index (κ1) is 24.7. The Hall–Kier alpha value is -1.98. The topological polar surface area (TPSA) is 222 Å². The standard InChI is InChI=1S/C18H25NO13/c20-5-9-11(22)13(24)14(25)17(30-9)32-16-12(23)10(6-21)31-18(15(16)26)29-8-3-1-7(2-4-8)19(27)28/h1-4,9-18,20-26H,5-6H2/t9-,10-,11+,12+,13+,14-,15-,16+,17+,18-/m1/s1. The predicted octanol–water partition coefficient (Wildman–Crippen LogP) is -3.40. The zero-order valence-corrected chi connectivity index (χ0v) is 16.5. The molecule has 3 rings (SSSR count). The summed E-state index contributed by atoms with van der Waals surface area (Å²) in [5.41, 5.74) is -0.199. The van der Waals surface area contributed by atoms with E-state index in [0.29, 0.717) is 0 Å². The van der Waals surface area contributed by atoms with Crippen molar-refractivity contribution in [1.82, 2.24) is 0 Å². The van der Waals surface area contributed by atoms with Crippen LogP contribution in [-0.4, -0.2) is 115 Å². The van der Waals surface area contributed by atoms with Crippen molar-refractivity contribution in [2.24, 2.45) is 0 Å². The van der Waals surface area contributed by atoms with E-state index in [1.807, 2.05) is 0 Å². The van der Waals surface area contributed by atoms with Crippen LogP contribution in [0.15, 0.2) is 24.3 Å². The van der Waals surface area contributed by atoms with Crippen LogP contribution in [0.5, 0.6) is 5.75 Å². The molecule has 0 spiro atoms. The van der Waals surface area contributed by atoms with Crippen LogP contribution in [0.2, 0.25) is 0 Å². The molecule has 14 heteroatoms. The summed E-state index contributed by atoms with van der Waals surface area (Å²) >= 11 is 0. The third-order valence-corrected chi connectivity index (χ3v) is 5.26. The zero-order chi connectivity index (χ0) is 23.6. The Morgan fingerprint density at radius 2 is 1.38 bits per heavy atom. The van der Waals surface area contributed by atoms with Gasteiger partial charge < -0.3 is 54.7 Å². The van der Waals surface area contributed by atoms with Gasteiger partial charge in [-0.1, -0.05) is 0 Å². The maximum absolute atomic E-state index is 10.8. The van der Waals surface area contributed by atoms with Gasteiger partial charge in [-0.25, -0.2) is 0 Å². The van der Waals surface area contributed by atoms with E-state index in [2.05, 4.69) is 0 Å². The van der Waals surface area contributed by atoms with E-state index in [-0.39, 0.29) is 11.4 Å². The summed E-state index contributed by atoms with van der Waals surface area (Å²) < 4.78 is 21.5. The summed E-state index contributed by atoms with van der Waals surface area (Å²) in [7, 11) is 0. The van der Waals surface area contributed by atoms with Crippen LogP contribution in [0.1, 0.15) is 0 Å². The number of hydrogen-bond donors (Lipinski definition) is 7. The Morgan fingerprint density at radius 1 is 0.812 bits per heavy atom. The van der Waals surface area contributed by atoms with Crippen LogP contribution in [0.25, 0.3) is 0 Å². The van der Waals surface area contributed by atoms with Gasteiger partial charge in [0.2, 0.25) is 6.29 Å². The van der Waals surface area contributed by atoms with E-state index in [0.717, 1.165) is 12.1 Å². The number of aliphatic hydroxyl groups excluding tert-OH is 7. The molecule has 180 valence electrons. The second kappa shape index (κ2) is 10.3. The molecule has 0 amide bonds. The Morgan fingerprint density at radius 3 is 1.94 bits per heavy atom. The van der Waals surface area contributed by atoms with Crippen LogP contribution < -0.4 is 4.74 Å². The first-order valence-electron chi connectivity index (χ1n) is 9.67. The lowest BCUT2D eigenvalue weighted by Crippen LogP contribution is -2.65. The van der Waals surface area contributed by atoms with Gasteiger partial charge >= 0.3 is 0 Å². The average Bonchev–Trinajstić information content (AvgIpc) is 2.78. The van der Waals surface area contributed by atoms with Gasteiger partial charge in [-0.2, -0.15) is 0 Å². The highest BCUT2D eigenvalue weighted by molar-refractivity contribution is 5.36. The quantitative estimate of drug-likeness (QED) is 0.155. The maximum atomic E-state index is 10.8. The highest BCUT2D eigenvalue weighted by atomic mass is 16.7. The number of nitro groups is 1. The molecule has 2 fully saturated rings. The molecule has 1 aromatic carbocycles. The van der Waals surface area contributed by atoms with Gasteiger partial charge in [-0.05, 0) is 12.1 Å². The minimum Gasteiger partial charge on any atom is -0.462 e. The summed E-state index contributed by atoms with van der Waals surface area (Å²) in [4.78, 5) is 10.2. The molecule has 10 atom stereocenters. The second-order valence-corrected chi connectivity index (χ2v) is 7.37. The van der Waals surface area contributed by atoms with Gasteiger partial charge in [0.05, 0.1) is 18.1 Å². The highest BCUT2D eigenvalue weighted by Crippen LogP contribution is 2.30. The molecule has 0 radical (unpaired) electrons. The summed E-state index contributed by atoms with van der Waals surface area (Å²) in [6, 6.07) is 4.82. The van der Waals surface area contributed by atoms with Gasteiger partial charge in [0.25, 0.3) is 5.69 Å². The molecule has 32 heavy (non-hydrogen) atoms. The van der Waals surface area contributed by atoms with Crippen LogP contribution in [-0.2, 0) is 14.2 Å². The summed E-state index contributed by atoms with van der Waals surface area (Å²) in [5.74, 6) is 0.0688. The molecular weight excluding hydrogens is 438 g/mol. The number of benzene rings is 1. The SMILES string of the molecule is O=[N+]([O-])c1ccc(O[C@@H]2O[C@H](CO)[C@H](O)[C@H](O[C@@H]3O[C@H](CO)[C@H](O)[C@H](O)[C@H]3O)[C@H]2O)cc1. The smallest absolute Gasteiger partial charge is 0.269 e. The van der Waals surface area contributed by atoms with Crippen LogP contribution in [0, 0.1) is 10.1 Å². The van der Waals surface area contributed by atoms with Gasteiger partial charge in [0, 0.05) is 12.1 Å². The van der Waals surface area contributed by atoms with Crippen molar-refractivity contribution in [3.05, 3.63) is 34.4 Å². The minimum atomic E-state index is -1.79. The molecule has 0 aromatic heterocycles. The fourth-order valence-electron chi connectivity index (χ4n) is 3.43. The van der Waals surface area contributed by atoms with Crippen LogP contribution >= 0.6 is 0 Å². The Kier molecular flexibility index (Phi) is 7.94. The first-order chi connectivity index (χ1) is 15.2. The molecule has 7 N–H and O–H groups in total. The lowest BCUT2D eigenvalue weighted by molar-refractivity contribution is -0.384. The normalized spacial score (nSPS) is 40.1. The Balaban J connectivity index is 1.76. The molecule has 2 heterocycles. The van der Waals surface area contributed by atoms with E-state index in [9.17, 15) is 45.9 Å². The van der Waals surface area contributed by atoms with Crippen LogP contribution in [0.3, 0.4) is 0 Å². The number of ether oxygens (including phenoxy) is 4. The van der Waals surface area contributed by atoms with Crippen molar-refractivity contribution in [1.29, 1.82) is 0 Å². The van der Waals surface area contributed by atoms with Crippen molar-refractivity contribution in [2.45, 2.75) is 61.4 Å². The molecule has 0 bridgehead atoms. The molecular formula is C18H25NO13. The highest BCUT2D eigenvalue weighted by Gasteiger charge is 2.51. The van der Waals surface area contributed by atoms with Crippen molar-refractivity contribution in [2.75, 3.05) is 13.2 Å². The Bertz CT molecular complexity index is 762. The molecule has 14 nitrogen and oxygen atoms in total. The van der Waals surface area contributed by atoms with E-state index in [4.69, 9.17) is 18.9 Å². The fraction of sp³-hybridized carbons (Fsp3) is 0.667. The summed E-state index contributed by atoms with van der Waals surface area (Å²) in [5, 5.41) is 80.6. The largest absolute Gasteiger partial charge is 0.462 e. The van der Waals surface area contributed by atoms with Crippen molar-refractivity contribution < 1.29 is 59.6 Å². The molecule has 0 saturated carbocycles. The number of hydrogen-bond acceptors (Lipinski definition) is 13. The number of rotatable bonds is 7. The number of aliphatic hydroxyl groups is 7. The molecule has 0 unspecified atom stereocenters. The maximum Gasteiger partial charge on any atom is 0.269 e. The second-order valence-electron chi connectivity index (χ2n) is 7.37. The fourth-order valence-corrected chi connectivity index (χ4v) is 3.43. The van der Waals surface area contributed by atoms with E-state index < -0.39 is 79.5 Å². The molecule has 0 aliphatic carbocycles. The lowest BCUT2D eigenvalue weighted by Gasteiger charge is -2.45. The first-order valence-corrected chi connectivity index (χ1v) is 9.67. The molecule has 2 aliphatic rings. The van der Waals surface area contributed by atoms with Gasteiger partial charge in [0.1, 0.15) is 54.6 Å². The Labute approximate surface area is 180 Å². The van der Waals surface area contributed by atoms with Crippen molar-refractivity contribution in [3.8, 4) is 5.75 Å². The molecule has 2 saturated heterocycles. The van der Waals surface area contributed by atoms with Gasteiger partial charge in [-0.15, -0.1) is 0 Å². The molecule has 2 aliphatic heterocycles. The molecule has 1 aromatic rings. The van der Waals surface area contributed by atoms with Gasteiger partial charge in [-0.3, -0.25) is 10.1 Å². The van der Waals surface area contributed by atoms with Crippen molar-refractivity contribution in [3.63, 3.8) is 0 Å². The number of nitro benzene ring substituents is 1. The third-order valence-electron chi connectivity index (χ3n) is 5.26. The number of non-ortho nitro benzene ring substituents is 1. The summed E-state index contributed by atoms with van der Waals surface area (Å²) in [6.45, 7) is -1.42. The predicted molar refractivity (Wildman–Crippen MR) is 100 cm³/mol. The van der Waals surface area contributed by atoms with E-state index in [1.54, 1.807) is 0 Å². The van der Waals surface area contributed by atoms with E-state index in [1.165, 1.54) is 12.1 Å². The zero-order valence-electron chi connectivity index (χ0n) is 16.5. The monoisotopic (exact) mass is 463 g/mol. The third kappa shape index (κ3) is 4.99. The van der Waals surface area contributed by atoms with Crippen LogP contribution in [0.4, 0.5) is 5.69 Å². The van der Waals surface area contributed by atoms with Crippen molar-refractivity contribution >= 4 is 5.69 Å². The van der Waals surface area contributed by atoms with E-state index >= 15 is 0 Å². The van der Waals surface area contributed by atoms with Gasteiger partial charge in [0.15, 0.2) is 6.29 Å². The summed E-state index contributed by atoms with van der Waals surface area (Å²) in [6.07, 6.45) is -15.8. The lowest BCUT2D eigenvalue weighted by atomic mass is 9.97. The number of nitrogens with zero attached hydrogens (tertiary/aromatic N) is 1. The average molecular weight is 463 g/mol. The minimum absolute atomic E-state index is 0.0688.